The van der Waals surface area contributed by atoms with Gasteiger partial charge < -0.3 is 15.4 Å². The topological polar surface area (TPSA) is 45.7 Å². The van der Waals surface area contributed by atoms with E-state index >= 15 is 0 Å². The molecular weight excluding hydrogens is 401 g/mol. The van der Waals surface area contributed by atoms with Gasteiger partial charge >= 0.3 is 0 Å². The molecule has 0 amide bonds. The number of ether oxygens (including phenoxy) is 1. The summed E-state index contributed by atoms with van der Waals surface area (Å²) in [6.07, 6.45) is 5.44. The maximum atomic E-state index is 5.61. The lowest BCUT2D eigenvalue weighted by Crippen LogP contribution is -2.41. The molecule has 4 nitrogen and oxygen atoms in total. The first-order valence-corrected chi connectivity index (χ1v) is 8.34. The fourth-order valence-electron chi connectivity index (χ4n) is 2.66. The highest BCUT2D eigenvalue weighted by atomic mass is 127. The predicted molar refractivity (Wildman–Crippen MR) is 107 cm³/mol. The van der Waals surface area contributed by atoms with E-state index in [9.17, 15) is 0 Å². The first-order valence-electron chi connectivity index (χ1n) is 8.34. The van der Waals surface area contributed by atoms with Crippen molar-refractivity contribution in [3.8, 4) is 0 Å². The van der Waals surface area contributed by atoms with Crippen LogP contribution in [0.2, 0.25) is 0 Å². The van der Waals surface area contributed by atoms with Gasteiger partial charge in [-0.1, -0.05) is 37.1 Å². The van der Waals surface area contributed by atoms with E-state index in [0.29, 0.717) is 12.6 Å². The van der Waals surface area contributed by atoms with E-state index in [1.807, 2.05) is 7.05 Å². The van der Waals surface area contributed by atoms with Crippen molar-refractivity contribution < 1.29 is 4.74 Å². The fourth-order valence-corrected chi connectivity index (χ4v) is 2.66. The van der Waals surface area contributed by atoms with Crippen molar-refractivity contribution in [3.63, 3.8) is 0 Å². The molecule has 1 saturated carbocycles. The molecule has 0 aliphatic heterocycles. The average Bonchev–Trinajstić information content (AvgIpc) is 3.03. The molecule has 2 rings (SSSR count). The van der Waals surface area contributed by atoms with Crippen LogP contribution in [-0.4, -0.2) is 25.2 Å². The molecular formula is C18H30IN3O. The molecule has 1 fully saturated rings. The Hall–Kier alpha value is -0.820. The second-order valence-corrected chi connectivity index (χ2v) is 6.23. The summed E-state index contributed by atoms with van der Waals surface area (Å²) in [5, 5.41) is 6.89. The Morgan fingerprint density at radius 1 is 1.17 bits per heavy atom. The molecule has 1 aromatic carbocycles. The SMILES string of the molecule is CN=C(NCc1ccc(COC(C)C)cc1)NC1CCCC1.I. The van der Waals surface area contributed by atoms with Crippen molar-refractivity contribution in [3.05, 3.63) is 35.4 Å². The Morgan fingerprint density at radius 2 is 1.78 bits per heavy atom. The van der Waals surface area contributed by atoms with Crippen LogP contribution in [-0.2, 0) is 17.9 Å². The minimum absolute atomic E-state index is 0. The number of guanidine groups is 1. The molecule has 130 valence electrons. The molecule has 0 bridgehead atoms. The number of hydrogen-bond donors (Lipinski definition) is 2. The molecule has 1 aromatic rings. The van der Waals surface area contributed by atoms with Gasteiger partial charge in [0.25, 0.3) is 0 Å². The van der Waals surface area contributed by atoms with Crippen molar-refractivity contribution in [1.82, 2.24) is 10.6 Å². The molecule has 1 aliphatic rings. The third kappa shape index (κ3) is 7.52. The smallest absolute Gasteiger partial charge is 0.191 e. The Bertz CT molecular complexity index is 468. The minimum Gasteiger partial charge on any atom is -0.374 e. The zero-order valence-electron chi connectivity index (χ0n) is 14.5. The van der Waals surface area contributed by atoms with Crippen LogP contribution in [0.1, 0.15) is 50.7 Å². The Labute approximate surface area is 157 Å². The highest BCUT2D eigenvalue weighted by Gasteiger charge is 2.15. The van der Waals surface area contributed by atoms with Crippen molar-refractivity contribution in [1.29, 1.82) is 0 Å². The van der Waals surface area contributed by atoms with Crippen LogP contribution < -0.4 is 10.6 Å². The summed E-state index contributed by atoms with van der Waals surface area (Å²) in [5.74, 6) is 0.902. The third-order valence-electron chi connectivity index (χ3n) is 3.99. The van der Waals surface area contributed by atoms with Crippen LogP contribution in [0.3, 0.4) is 0 Å². The van der Waals surface area contributed by atoms with E-state index in [4.69, 9.17) is 4.74 Å². The van der Waals surface area contributed by atoms with Crippen LogP contribution in [0.25, 0.3) is 0 Å². The van der Waals surface area contributed by atoms with Gasteiger partial charge in [0, 0.05) is 19.6 Å². The second-order valence-electron chi connectivity index (χ2n) is 6.23. The van der Waals surface area contributed by atoms with Crippen LogP contribution in [0.4, 0.5) is 0 Å². The molecule has 0 unspecified atom stereocenters. The molecule has 0 aromatic heterocycles. The monoisotopic (exact) mass is 431 g/mol. The Kier molecular flexibility index (Phi) is 9.55. The van der Waals surface area contributed by atoms with Crippen molar-refractivity contribution in [2.24, 2.45) is 4.99 Å². The maximum Gasteiger partial charge on any atom is 0.191 e. The zero-order valence-corrected chi connectivity index (χ0v) is 16.8. The first kappa shape index (κ1) is 20.2. The number of nitrogens with zero attached hydrogens (tertiary/aromatic N) is 1. The summed E-state index contributed by atoms with van der Waals surface area (Å²) in [4.78, 5) is 4.31. The van der Waals surface area contributed by atoms with E-state index in [0.717, 1.165) is 12.5 Å². The van der Waals surface area contributed by atoms with Crippen LogP contribution >= 0.6 is 24.0 Å². The molecule has 0 atom stereocenters. The Morgan fingerprint density at radius 3 is 2.35 bits per heavy atom. The maximum absolute atomic E-state index is 5.61. The third-order valence-corrected chi connectivity index (χ3v) is 3.99. The van der Waals surface area contributed by atoms with E-state index in [2.05, 4.69) is 53.7 Å². The van der Waals surface area contributed by atoms with Gasteiger partial charge in [-0.2, -0.15) is 0 Å². The van der Waals surface area contributed by atoms with Gasteiger partial charge in [0.15, 0.2) is 5.96 Å². The molecule has 1 aliphatic carbocycles. The summed E-state index contributed by atoms with van der Waals surface area (Å²) < 4.78 is 5.61. The van der Waals surface area contributed by atoms with Gasteiger partial charge in [-0.05, 0) is 37.8 Å². The highest BCUT2D eigenvalue weighted by Crippen LogP contribution is 2.17. The van der Waals surface area contributed by atoms with Crippen LogP contribution in [0.5, 0.6) is 0 Å². The highest BCUT2D eigenvalue weighted by molar-refractivity contribution is 14.0. The summed E-state index contributed by atoms with van der Waals surface area (Å²) >= 11 is 0. The zero-order chi connectivity index (χ0) is 15.8. The normalized spacial score (nSPS) is 15.6. The van der Waals surface area contributed by atoms with Gasteiger partial charge in [-0.25, -0.2) is 0 Å². The summed E-state index contributed by atoms with van der Waals surface area (Å²) in [6, 6.07) is 9.14. The van der Waals surface area contributed by atoms with Gasteiger partial charge in [0.1, 0.15) is 0 Å². The molecule has 0 heterocycles. The minimum atomic E-state index is 0. The number of aliphatic imine (C=N–C) groups is 1. The van der Waals surface area contributed by atoms with Crippen molar-refractivity contribution in [2.45, 2.75) is 64.8 Å². The van der Waals surface area contributed by atoms with Gasteiger partial charge in [-0.3, -0.25) is 4.99 Å². The summed E-state index contributed by atoms with van der Waals surface area (Å²) in [5.41, 5.74) is 2.47. The number of rotatable bonds is 6. The lowest BCUT2D eigenvalue weighted by Gasteiger charge is -2.17. The van der Waals surface area contributed by atoms with Gasteiger partial charge in [-0.15, -0.1) is 24.0 Å². The molecule has 5 heteroatoms. The van der Waals surface area contributed by atoms with Crippen molar-refractivity contribution in [2.75, 3.05) is 7.05 Å². The van der Waals surface area contributed by atoms with E-state index < -0.39 is 0 Å². The summed E-state index contributed by atoms with van der Waals surface area (Å²) in [6.45, 7) is 5.58. The molecule has 23 heavy (non-hydrogen) atoms. The van der Waals surface area contributed by atoms with Gasteiger partial charge in [0.2, 0.25) is 0 Å². The lowest BCUT2D eigenvalue weighted by molar-refractivity contribution is 0.0657. The predicted octanol–water partition coefficient (Wildman–Crippen LogP) is 3.84. The van der Waals surface area contributed by atoms with Crippen LogP contribution in [0, 0.1) is 0 Å². The standard InChI is InChI=1S/C18H29N3O.HI/c1-14(2)22-13-16-10-8-15(9-11-16)12-20-18(19-3)21-17-6-4-5-7-17;/h8-11,14,17H,4-7,12-13H2,1-3H3,(H2,19,20,21);1H. The Balaban J connectivity index is 0.00000264. The molecule has 0 spiro atoms. The van der Waals surface area contributed by atoms with E-state index in [1.54, 1.807) is 0 Å². The average molecular weight is 431 g/mol. The van der Waals surface area contributed by atoms with Crippen molar-refractivity contribution >= 4 is 29.9 Å². The second kappa shape index (κ2) is 10.9. The first-order chi connectivity index (χ1) is 10.7. The number of hydrogen-bond acceptors (Lipinski definition) is 2. The van der Waals surface area contributed by atoms with E-state index in [1.165, 1.54) is 36.8 Å². The molecule has 0 radical (unpaired) electrons. The van der Waals surface area contributed by atoms with E-state index in [-0.39, 0.29) is 30.1 Å². The number of benzene rings is 1. The lowest BCUT2D eigenvalue weighted by atomic mass is 10.1. The summed E-state index contributed by atoms with van der Waals surface area (Å²) in [7, 11) is 1.83. The number of nitrogens with one attached hydrogen (secondary N) is 2. The molecule has 0 saturated heterocycles. The fraction of sp³-hybridized carbons (Fsp3) is 0.611. The number of halogens is 1. The van der Waals surface area contributed by atoms with Crippen LogP contribution in [0.15, 0.2) is 29.3 Å². The van der Waals surface area contributed by atoms with Gasteiger partial charge in [0.05, 0.1) is 12.7 Å². The quantitative estimate of drug-likeness (QED) is 0.409. The largest absolute Gasteiger partial charge is 0.374 e. The molecule has 2 N–H and O–H groups in total.